The third-order valence-corrected chi connectivity index (χ3v) is 5.91. The highest BCUT2D eigenvalue weighted by molar-refractivity contribution is 5.90. The predicted octanol–water partition coefficient (Wildman–Crippen LogP) is 4.52. The number of para-hydroxylation sites is 1. The van der Waals surface area contributed by atoms with Crippen molar-refractivity contribution in [3.05, 3.63) is 59.7 Å². The van der Waals surface area contributed by atoms with Crippen molar-refractivity contribution in [3.8, 4) is 0 Å². The van der Waals surface area contributed by atoms with Crippen LogP contribution in [0.25, 0.3) is 10.9 Å². The van der Waals surface area contributed by atoms with Gasteiger partial charge in [-0.3, -0.25) is 0 Å². The molecule has 1 fully saturated rings. The van der Waals surface area contributed by atoms with E-state index in [9.17, 15) is 0 Å². The van der Waals surface area contributed by atoms with E-state index in [2.05, 4.69) is 58.9 Å². The van der Waals surface area contributed by atoms with Gasteiger partial charge in [-0.1, -0.05) is 36.4 Å². The molecule has 1 heterocycles. The van der Waals surface area contributed by atoms with Gasteiger partial charge in [0.25, 0.3) is 0 Å². The topological polar surface area (TPSA) is 53.1 Å². The van der Waals surface area contributed by atoms with Crippen molar-refractivity contribution < 1.29 is 0 Å². The Bertz CT molecular complexity index is 960. The summed E-state index contributed by atoms with van der Waals surface area (Å²) >= 11 is 0. The SMILES string of the molecule is Cc1ccccc1CNC1CCC(Nc2nc(N(C)C)c3ccccc3n2)CC1. The largest absolute Gasteiger partial charge is 0.362 e. The molecule has 2 N–H and O–H groups in total. The van der Waals surface area contributed by atoms with E-state index < -0.39 is 0 Å². The van der Waals surface area contributed by atoms with Gasteiger partial charge in [0.1, 0.15) is 5.82 Å². The van der Waals surface area contributed by atoms with Crippen LogP contribution >= 0.6 is 0 Å². The summed E-state index contributed by atoms with van der Waals surface area (Å²) in [6.45, 7) is 3.14. The monoisotopic (exact) mass is 389 g/mol. The average Bonchev–Trinajstić information content (AvgIpc) is 2.73. The summed E-state index contributed by atoms with van der Waals surface area (Å²) in [5.74, 6) is 1.70. The maximum atomic E-state index is 4.79. The van der Waals surface area contributed by atoms with Crippen LogP contribution in [0.5, 0.6) is 0 Å². The molecular formula is C24H31N5. The van der Waals surface area contributed by atoms with Crippen LogP contribution < -0.4 is 15.5 Å². The van der Waals surface area contributed by atoms with Crippen LogP contribution in [0.2, 0.25) is 0 Å². The zero-order valence-corrected chi connectivity index (χ0v) is 17.7. The Morgan fingerprint density at radius 1 is 0.897 bits per heavy atom. The first-order valence-corrected chi connectivity index (χ1v) is 10.6. The van der Waals surface area contributed by atoms with Gasteiger partial charge in [0, 0.05) is 38.1 Å². The second kappa shape index (κ2) is 8.78. The van der Waals surface area contributed by atoms with Gasteiger partial charge in [0.15, 0.2) is 0 Å². The average molecular weight is 390 g/mol. The molecular weight excluding hydrogens is 358 g/mol. The highest BCUT2D eigenvalue weighted by atomic mass is 15.2. The number of aromatic nitrogens is 2. The molecule has 1 aliphatic carbocycles. The van der Waals surface area contributed by atoms with Crippen molar-refractivity contribution >= 4 is 22.7 Å². The van der Waals surface area contributed by atoms with Gasteiger partial charge in [-0.15, -0.1) is 0 Å². The first kappa shape index (κ1) is 19.6. The van der Waals surface area contributed by atoms with E-state index in [4.69, 9.17) is 9.97 Å². The Balaban J connectivity index is 1.35. The first-order chi connectivity index (χ1) is 14.1. The van der Waals surface area contributed by atoms with Crippen LogP contribution in [0.15, 0.2) is 48.5 Å². The second-order valence-electron chi connectivity index (χ2n) is 8.28. The summed E-state index contributed by atoms with van der Waals surface area (Å²) < 4.78 is 0. The lowest BCUT2D eigenvalue weighted by molar-refractivity contribution is 0.352. The Kier molecular flexibility index (Phi) is 5.95. The molecule has 0 saturated heterocycles. The lowest BCUT2D eigenvalue weighted by atomic mass is 9.91. The minimum absolute atomic E-state index is 0.433. The van der Waals surface area contributed by atoms with E-state index in [1.54, 1.807) is 0 Å². The number of nitrogens with zero attached hydrogens (tertiary/aromatic N) is 3. The van der Waals surface area contributed by atoms with Gasteiger partial charge in [-0.05, 0) is 55.9 Å². The molecule has 3 aromatic rings. The van der Waals surface area contributed by atoms with Crippen molar-refractivity contribution in [3.63, 3.8) is 0 Å². The fraction of sp³-hybridized carbons (Fsp3) is 0.417. The van der Waals surface area contributed by atoms with E-state index in [1.807, 2.05) is 26.2 Å². The smallest absolute Gasteiger partial charge is 0.225 e. The molecule has 4 rings (SSSR count). The van der Waals surface area contributed by atoms with Gasteiger partial charge >= 0.3 is 0 Å². The highest BCUT2D eigenvalue weighted by Gasteiger charge is 2.22. The number of fused-ring (bicyclic) bond motifs is 1. The second-order valence-corrected chi connectivity index (χ2v) is 8.28. The van der Waals surface area contributed by atoms with E-state index >= 15 is 0 Å². The zero-order chi connectivity index (χ0) is 20.2. The summed E-state index contributed by atoms with van der Waals surface area (Å²) in [5.41, 5.74) is 3.75. The number of benzene rings is 2. The molecule has 0 bridgehead atoms. The van der Waals surface area contributed by atoms with Gasteiger partial charge in [-0.25, -0.2) is 4.98 Å². The third-order valence-electron chi connectivity index (χ3n) is 5.91. The molecule has 5 nitrogen and oxygen atoms in total. The summed E-state index contributed by atoms with van der Waals surface area (Å²) in [7, 11) is 4.06. The standard InChI is InChI=1S/C24H31N5/c1-17-8-4-5-9-18(17)16-25-19-12-14-20(15-13-19)26-24-27-22-11-7-6-10-21(22)23(28-24)29(2)3/h4-11,19-20,25H,12-16H2,1-3H3,(H,26,27,28). The Hall–Kier alpha value is -2.66. The van der Waals surface area contributed by atoms with E-state index in [0.717, 1.165) is 42.1 Å². The molecule has 2 aromatic carbocycles. The van der Waals surface area contributed by atoms with Crippen LogP contribution in [-0.4, -0.2) is 36.1 Å². The zero-order valence-electron chi connectivity index (χ0n) is 17.7. The third kappa shape index (κ3) is 4.67. The molecule has 0 atom stereocenters. The van der Waals surface area contributed by atoms with Crippen molar-refractivity contribution in [1.29, 1.82) is 0 Å². The van der Waals surface area contributed by atoms with Crippen molar-refractivity contribution in [2.75, 3.05) is 24.3 Å². The van der Waals surface area contributed by atoms with Gasteiger partial charge in [-0.2, -0.15) is 4.98 Å². The summed E-state index contributed by atoms with van der Waals surface area (Å²) in [5, 5.41) is 8.43. The van der Waals surface area contributed by atoms with Crippen molar-refractivity contribution in [1.82, 2.24) is 15.3 Å². The van der Waals surface area contributed by atoms with Crippen LogP contribution in [0.3, 0.4) is 0 Å². The molecule has 1 aliphatic rings. The number of nitrogens with one attached hydrogen (secondary N) is 2. The molecule has 0 radical (unpaired) electrons. The van der Waals surface area contributed by atoms with Crippen LogP contribution in [0.4, 0.5) is 11.8 Å². The fourth-order valence-electron chi connectivity index (χ4n) is 4.15. The number of hydrogen-bond acceptors (Lipinski definition) is 5. The van der Waals surface area contributed by atoms with Crippen LogP contribution in [0.1, 0.15) is 36.8 Å². The lowest BCUT2D eigenvalue weighted by Crippen LogP contribution is -2.37. The minimum atomic E-state index is 0.433. The highest BCUT2D eigenvalue weighted by Crippen LogP contribution is 2.26. The summed E-state index contributed by atoms with van der Waals surface area (Å²) in [6, 6.07) is 17.9. The summed E-state index contributed by atoms with van der Waals surface area (Å²) in [6.07, 6.45) is 4.63. The Morgan fingerprint density at radius 3 is 2.34 bits per heavy atom. The molecule has 29 heavy (non-hydrogen) atoms. The summed E-state index contributed by atoms with van der Waals surface area (Å²) in [4.78, 5) is 11.6. The van der Waals surface area contributed by atoms with Crippen molar-refractivity contribution in [2.24, 2.45) is 0 Å². The molecule has 0 amide bonds. The maximum absolute atomic E-state index is 4.79. The van der Waals surface area contributed by atoms with Crippen LogP contribution in [-0.2, 0) is 6.54 Å². The van der Waals surface area contributed by atoms with Crippen molar-refractivity contribution in [2.45, 2.75) is 51.2 Å². The molecule has 0 spiro atoms. The molecule has 0 unspecified atom stereocenters. The Morgan fingerprint density at radius 2 is 1.59 bits per heavy atom. The first-order valence-electron chi connectivity index (χ1n) is 10.6. The fourth-order valence-corrected chi connectivity index (χ4v) is 4.15. The normalized spacial score (nSPS) is 19.3. The van der Waals surface area contributed by atoms with E-state index in [1.165, 1.54) is 24.0 Å². The number of aryl methyl sites for hydroxylation is 1. The number of hydrogen-bond donors (Lipinski definition) is 2. The quantitative estimate of drug-likeness (QED) is 0.649. The molecule has 1 saturated carbocycles. The number of rotatable bonds is 6. The maximum Gasteiger partial charge on any atom is 0.225 e. The molecule has 5 heteroatoms. The minimum Gasteiger partial charge on any atom is -0.362 e. The van der Waals surface area contributed by atoms with E-state index in [-0.39, 0.29) is 0 Å². The Labute approximate surface area is 173 Å². The predicted molar refractivity (Wildman–Crippen MR) is 122 cm³/mol. The van der Waals surface area contributed by atoms with Gasteiger partial charge in [0.05, 0.1) is 5.52 Å². The van der Waals surface area contributed by atoms with E-state index in [0.29, 0.717) is 12.1 Å². The molecule has 0 aliphatic heterocycles. The molecule has 1 aromatic heterocycles. The van der Waals surface area contributed by atoms with Gasteiger partial charge < -0.3 is 15.5 Å². The lowest BCUT2D eigenvalue weighted by Gasteiger charge is -2.30. The number of anilines is 2. The van der Waals surface area contributed by atoms with Gasteiger partial charge in [0.2, 0.25) is 5.95 Å². The molecule has 152 valence electrons. The van der Waals surface area contributed by atoms with Crippen LogP contribution in [0, 0.1) is 6.92 Å².